The number of anilines is 1. The van der Waals surface area contributed by atoms with Crippen LogP contribution in [0.3, 0.4) is 0 Å². The minimum absolute atomic E-state index is 0.0109. The molecular formula is C33H41NO4. The van der Waals surface area contributed by atoms with Crippen LogP contribution in [0.25, 0.3) is 0 Å². The summed E-state index contributed by atoms with van der Waals surface area (Å²) in [5, 5.41) is 0. The third kappa shape index (κ3) is 3.83. The van der Waals surface area contributed by atoms with Crippen molar-refractivity contribution in [2.75, 3.05) is 18.0 Å². The first-order valence-electron chi connectivity index (χ1n) is 14.8. The molecule has 1 heterocycles. The lowest BCUT2D eigenvalue weighted by Crippen LogP contribution is -2.57. The summed E-state index contributed by atoms with van der Waals surface area (Å²) in [4.78, 5) is 40.9. The predicted molar refractivity (Wildman–Crippen MR) is 148 cm³/mol. The molecule has 0 radical (unpaired) electrons. The van der Waals surface area contributed by atoms with E-state index in [0.29, 0.717) is 18.8 Å². The molecule has 1 aromatic rings. The second-order valence-corrected chi connectivity index (χ2v) is 12.5. The lowest BCUT2D eigenvalue weighted by Gasteiger charge is -2.55. The monoisotopic (exact) mass is 515 g/mol. The van der Waals surface area contributed by atoms with Gasteiger partial charge in [0.25, 0.3) is 0 Å². The largest absolute Gasteiger partial charge is 0.450 e. The van der Waals surface area contributed by atoms with Crippen LogP contribution >= 0.6 is 0 Å². The third-order valence-corrected chi connectivity index (χ3v) is 10.8. The molecule has 1 aliphatic heterocycles. The highest BCUT2D eigenvalue weighted by atomic mass is 16.6. The van der Waals surface area contributed by atoms with Gasteiger partial charge in [-0.2, -0.15) is 0 Å². The Hall–Kier alpha value is -2.69. The summed E-state index contributed by atoms with van der Waals surface area (Å²) in [5.41, 5.74) is 5.22. The van der Waals surface area contributed by atoms with Crippen molar-refractivity contribution in [1.82, 2.24) is 0 Å². The molecule has 202 valence electrons. The first kappa shape index (κ1) is 25.6. The van der Waals surface area contributed by atoms with E-state index in [9.17, 15) is 14.4 Å². The van der Waals surface area contributed by atoms with Gasteiger partial charge < -0.3 is 9.64 Å². The number of carbonyl (C=O) groups excluding carboxylic acids is 3. The highest BCUT2D eigenvalue weighted by Crippen LogP contribution is 2.67. The van der Waals surface area contributed by atoms with E-state index < -0.39 is 11.0 Å². The number of ketones is 2. The van der Waals surface area contributed by atoms with Crippen molar-refractivity contribution < 1.29 is 19.1 Å². The number of hydrogen-bond donors (Lipinski definition) is 0. The van der Waals surface area contributed by atoms with Crippen LogP contribution in [0.1, 0.15) is 96.5 Å². The molecule has 0 bridgehead atoms. The molecule has 0 unspecified atom stereocenters. The number of hydrogen-bond acceptors (Lipinski definition) is 5. The van der Waals surface area contributed by atoms with E-state index in [1.807, 2.05) is 6.08 Å². The summed E-state index contributed by atoms with van der Waals surface area (Å²) in [7, 11) is 0. The average molecular weight is 516 g/mol. The van der Waals surface area contributed by atoms with Gasteiger partial charge in [-0.25, -0.2) is 0 Å². The average Bonchev–Trinajstić information content (AvgIpc) is 3.55. The molecule has 6 rings (SSSR count). The van der Waals surface area contributed by atoms with Crippen LogP contribution in [0.5, 0.6) is 0 Å². The van der Waals surface area contributed by atoms with Gasteiger partial charge in [0.05, 0.1) is 0 Å². The lowest BCUT2D eigenvalue weighted by molar-refractivity contribution is -0.184. The van der Waals surface area contributed by atoms with Crippen molar-refractivity contribution in [1.29, 1.82) is 0 Å². The normalized spacial score (nSPS) is 34.4. The number of ether oxygens (including phenoxy) is 1. The number of esters is 1. The van der Waals surface area contributed by atoms with Crippen molar-refractivity contribution in [3.05, 3.63) is 52.6 Å². The van der Waals surface area contributed by atoms with Crippen LogP contribution in [-0.2, 0) is 19.1 Å². The Morgan fingerprint density at radius 1 is 1.05 bits per heavy atom. The van der Waals surface area contributed by atoms with E-state index in [1.54, 1.807) is 13.8 Å². The molecule has 3 fully saturated rings. The number of carbonyl (C=O) groups is 3. The van der Waals surface area contributed by atoms with Gasteiger partial charge in [-0.1, -0.05) is 31.6 Å². The number of allylic oxidation sites excluding steroid dienone is 4. The molecule has 38 heavy (non-hydrogen) atoms. The SMILES string of the molecule is CCC(=O)O[C@@]1(C(C)=O)CC[C@H]2[C@@H]3CCC4=CC(=O)CCC4=C3[C@@H](c3ccc(N4CCCC4)cc3)C[C@@]21C. The maximum Gasteiger partial charge on any atom is 0.306 e. The summed E-state index contributed by atoms with van der Waals surface area (Å²) in [6.45, 7) is 7.90. The number of rotatable bonds is 5. The quantitative estimate of drug-likeness (QED) is 0.421. The molecule has 5 aliphatic rings. The van der Waals surface area contributed by atoms with E-state index in [4.69, 9.17) is 4.74 Å². The molecule has 4 aliphatic carbocycles. The van der Waals surface area contributed by atoms with Crippen molar-refractivity contribution in [2.45, 2.75) is 96.5 Å². The smallest absolute Gasteiger partial charge is 0.306 e. The number of fused-ring (bicyclic) bond motifs is 4. The van der Waals surface area contributed by atoms with Crippen molar-refractivity contribution in [3.8, 4) is 0 Å². The maximum atomic E-state index is 13.4. The zero-order valence-corrected chi connectivity index (χ0v) is 23.2. The van der Waals surface area contributed by atoms with Crippen LogP contribution in [0.2, 0.25) is 0 Å². The van der Waals surface area contributed by atoms with Crippen LogP contribution < -0.4 is 4.90 Å². The zero-order chi connectivity index (χ0) is 26.7. The Morgan fingerprint density at radius 2 is 1.79 bits per heavy atom. The molecule has 5 nitrogen and oxygen atoms in total. The van der Waals surface area contributed by atoms with E-state index in [0.717, 1.165) is 45.2 Å². The van der Waals surface area contributed by atoms with Crippen LogP contribution in [0, 0.1) is 17.3 Å². The number of benzene rings is 1. The van der Waals surface area contributed by atoms with Gasteiger partial charge in [0.2, 0.25) is 0 Å². The third-order valence-electron chi connectivity index (χ3n) is 10.8. The van der Waals surface area contributed by atoms with Gasteiger partial charge in [0, 0.05) is 43.0 Å². The van der Waals surface area contributed by atoms with Crippen LogP contribution in [0.15, 0.2) is 47.1 Å². The molecule has 0 aromatic heterocycles. The Kier molecular flexibility index (Phi) is 6.39. The second kappa shape index (κ2) is 9.50. The van der Waals surface area contributed by atoms with E-state index in [-0.39, 0.29) is 35.8 Å². The second-order valence-electron chi connectivity index (χ2n) is 12.5. The standard InChI is InChI=1S/C33H41NO4/c1-4-30(37)38-33(21(2)35)16-15-29-27-13-9-23-19-25(36)12-14-26(23)31(27)28(20-32(29,33)3)22-7-10-24(11-8-22)34-17-5-6-18-34/h7-8,10-11,19,27-29H,4-6,9,12-18,20H2,1-3H3/t27-,28+,29-,32-,33+/m0/s1. The fourth-order valence-electron chi connectivity index (χ4n) is 8.92. The number of Topliss-reactive ketones (excluding diaryl/α,β-unsaturated/α-hetero) is 1. The fourth-order valence-corrected chi connectivity index (χ4v) is 8.92. The van der Waals surface area contributed by atoms with E-state index in [1.165, 1.54) is 40.8 Å². The summed E-state index contributed by atoms with van der Waals surface area (Å²) in [5.74, 6) is 0.744. The minimum atomic E-state index is -1.06. The topological polar surface area (TPSA) is 63.7 Å². The van der Waals surface area contributed by atoms with Gasteiger partial charge >= 0.3 is 5.97 Å². The predicted octanol–water partition coefficient (Wildman–Crippen LogP) is 6.47. The summed E-state index contributed by atoms with van der Waals surface area (Å²) < 4.78 is 6.19. The van der Waals surface area contributed by atoms with Crippen molar-refractivity contribution in [3.63, 3.8) is 0 Å². The molecule has 5 heteroatoms. The van der Waals surface area contributed by atoms with Crippen LogP contribution in [0.4, 0.5) is 5.69 Å². The Morgan fingerprint density at radius 3 is 2.47 bits per heavy atom. The van der Waals surface area contributed by atoms with E-state index >= 15 is 0 Å². The number of nitrogens with zero attached hydrogens (tertiary/aromatic N) is 1. The van der Waals surface area contributed by atoms with E-state index in [2.05, 4.69) is 36.1 Å². The highest BCUT2D eigenvalue weighted by Gasteiger charge is 2.67. The molecule has 1 aromatic carbocycles. The molecule has 5 atom stereocenters. The van der Waals surface area contributed by atoms with Gasteiger partial charge in [-0.15, -0.1) is 0 Å². The Labute approximate surface area is 226 Å². The molecule has 2 saturated carbocycles. The molecular weight excluding hydrogens is 474 g/mol. The van der Waals surface area contributed by atoms with Crippen LogP contribution in [-0.4, -0.2) is 36.2 Å². The van der Waals surface area contributed by atoms with Gasteiger partial charge in [-0.3, -0.25) is 14.4 Å². The summed E-state index contributed by atoms with van der Waals surface area (Å²) in [6, 6.07) is 9.12. The molecule has 1 saturated heterocycles. The minimum Gasteiger partial charge on any atom is -0.450 e. The van der Waals surface area contributed by atoms with Gasteiger partial charge in [-0.05, 0) is 105 Å². The molecule has 0 amide bonds. The first-order valence-corrected chi connectivity index (χ1v) is 14.8. The van der Waals surface area contributed by atoms with Crippen molar-refractivity contribution >= 4 is 23.2 Å². The summed E-state index contributed by atoms with van der Waals surface area (Å²) >= 11 is 0. The fraction of sp³-hybridized carbons (Fsp3) is 0.606. The Balaban J connectivity index is 1.47. The first-order chi connectivity index (χ1) is 18.3. The Bertz CT molecular complexity index is 1220. The molecule has 0 N–H and O–H groups in total. The maximum absolute atomic E-state index is 13.4. The summed E-state index contributed by atoms with van der Waals surface area (Å²) in [6.07, 6.45) is 10.3. The molecule has 0 spiro atoms. The van der Waals surface area contributed by atoms with Gasteiger partial charge in [0.15, 0.2) is 17.2 Å². The highest BCUT2D eigenvalue weighted by molar-refractivity contribution is 5.93. The van der Waals surface area contributed by atoms with Gasteiger partial charge in [0.1, 0.15) is 0 Å². The lowest BCUT2D eigenvalue weighted by atomic mass is 9.50. The zero-order valence-electron chi connectivity index (χ0n) is 23.2. The van der Waals surface area contributed by atoms with Crippen molar-refractivity contribution in [2.24, 2.45) is 17.3 Å².